The summed E-state index contributed by atoms with van der Waals surface area (Å²) in [6.45, 7) is 3.39. The minimum atomic E-state index is -1.02. The molecule has 0 aliphatic rings. The second-order valence-corrected chi connectivity index (χ2v) is 4.00. The van der Waals surface area contributed by atoms with Gasteiger partial charge in [0.05, 0.1) is 11.3 Å². The van der Waals surface area contributed by atoms with Crippen molar-refractivity contribution in [3.05, 3.63) is 53.1 Å². The van der Waals surface area contributed by atoms with Gasteiger partial charge in [-0.1, -0.05) is 0 Å². The summed E-state index contributed by atoms with van der Waals surface area (Å²) in [6.07, 6.45) is 1.40. The molecule has 2 aromatic rings. The number of rotatable bonds is 2. The Balaban J connectivity index is 2.23. The molecule has 1 aromatic carbocycles. The van der Waals surface area contributed by atoms with Gasteiger partial charge in [-0.3, -0.25) is 4.79 Å². The number of hydrogen-bond acceptors (Lipinski definition) is 3. The van der Waals surface area contributed by atoms with Crippen LogP contribution in [-0.4, -0.2) is 15.9 Å². The number of aromatic nitrogens is 2. The van der Waals surface area contributed by atoms with Crippen LogP contribution in [0.2, 0.25) is 0 Å². The normalized spacial score (nSPS) is 10.3. The molecule has 1 N–H and O–H groups in total. The van der Waals surface area contributed by atoms with E-state index in [0.717, 1.165) is 12.1 Å². The Kier molecular flexibility index (Phi) is 3.50. The Morgan fingerprint density at radius 3 is 2.58 bits per heavy atom. The third-order valence-electron chi connectivity index (χ3n) is 2.52. The molecule has 19 heavy (non-hydrogen) atoms. The van der Waals surface area contributed by atoms with E-state index in [1.807, 2.05) is 0 Å². The van der Waals surface area contributed by atoms with Crippen LogP contribution in [0.15, 0.2) is 24.4 Å². The predicted octanol–water partition coefficient (Wildman–Crippen LogP) is 2.62. The average Bonchev–Trinajstić information content (AvgIpc) is 2.33. The van der Waals surface area contributed by atoms with E-state index in [9.17, 15) is 13.6 Å². The van der Waals surface area contributed by atoms with Gasteiger partial charge < -0.3 is 5.32 Å². The van der Waals surface area contributed by atoms with Crippen LogP contribution in [0.25, 0.3) is 0 Å². The second kappa shape index (κ2) is 5.09. The predicted molar refractivity (Wildman–Crippen MR) is 65.8 cm³/mol. The number of nitrogens with one attached hydrogen (secondary N) is 1. The van der Waals surface area contributed by atoms with Crippen molar-refractivity contribution in [3.63, 3.8) is 0 Å². The van der Waals surface area contributed by atoms with Gasteiger partial charge >= 0.3 is 0 Å². The molecule has 98 valence electrons. The number of aryl methyl sites for hydroxylation is 2. The molecule has 0 bridgehead atoms. The number of anilines is 1. The van der Waals surface area contributed by atoms with Gasteiger partial charge in [-0.25, -0.2) is 18.7 Å². The van der Waals surface area contributed by atoms with E-state index in [4.69, 9.17) is 0 Å². The minimum Gasteiger partial charge on any atom is -0.322 e. The molecule has 1 heterocycles. The van der Waals surface area contributed by atoms with Crippen LogP contribution in [-0.2, 0) is 0 Å². The summed E-state index contributed by atoms with van der Waals surface area (Å²) in [6, 6.07) is 3.14. The minimum absolute atomic E-state index is 0.170. The maximum absolute atomic E-state index is 13.0. The van der Waals surface area contributed by atoms with Crippen molar-refractivity contribution >= 4 is 11.6 Å². The highest BCUT2D eigenvalue weighted by Crippen LogP contribution is 2.14. The molecule has 0 fully saturated rings. The van der Waals surface area contributed by atoms with E-state index in [1.165, 1.54) is 12.3 Å². The summed E-state index contributed by atoms with van der Waals surface area (Å²) in [4.78, 5) is 19.9. The highest BCUT2D eigenvalue weighted by molar-refractivity contribution is 6.04. The summed E-state index contributed by atoms with van der Waals surface area (Å²) in [5.74, 6) is -1.90. The summed E-state index contributed by atoms with van der Waals surface area (Å²) in [5.41, 5.74) is 0.979. The lowest BCUT2D eigenvalue weighted by molar-refractivity contribution is 0.102. The number of amides is 1. The van der Waals surface area contributed by atoms with Crippen molar-refractivity contribution in [3.8, 4) is 0 Å². The van der Waals surface area contributed by atoms with Gasteiger partial charge in [-0.2, -0.15) is 0 Å². The fourth-order valence-electron chi connectivity index (χ4n) is 1.58. The van der Waals surface area contributed by atoms with Gasteiger partial charge in [0.15, 0.2) is 11.6 Å². The van der Waals surface area contributed by atoms with Crippen molar-refractivity contribution in [2.45, 2.75) is 13.8 Å². The van der Waals surface area contributed by atoms with Crippen molar-refractivity contribution in [1.82, 2.24) is 9.97 Å². The fourth-order valence-corrected chi connectivity index (χ4v) is 1.58. The van der Waals surface area contributed by atoms with E-state index in [2.05, 4.69) is 15.3 Å². The number of hydrogen-bond donors (Lipinski definition) is 1. The highest BCUT2D eigenvalue weighted by Gasteiger charge is 2.12. The summed E-state index contributed by atoms with van der Waals surface area (Å²) < 4.78 is 25.8. The van der Waals surface area contributed by atoms with Crippen LogP contribution in [0.3, 0.4) is 0 Å². The smallest absolute Gasteiger partial charge is 0.259 e. The molecule has 0 aliphatic carbocycles. The van der Waals surface area contributed by atoms with Crippen molar-refractivity contribution in [2.24, 2.45) is 0 Å². The Morgan fingerprint density at radius 1 is 1.21 bits per heavy atom. The molecule has 1 amide bonds. The van der Waals surface area contributed by atoms with E-state index >= 15 is 0 Å². The lowest BCUT2D eigenvalue weighted by Gasteiger charge is -2.07. The van der Waals surface area contributed by atoms with Crippen molar-refractivity contribution < 1.29 is 13.6 Å². The van der Waals surface area contributed by atoms with Crippen LogP contribution in [0.5, 0.6) is 0 Å². The van der Waals surface area contributed by atoms with Crippen molar-refractivity contribution in [1.29, 1.82) is 0 Å². The summed E-state index contributed by atoms with van der Waals surface area (Å²) in [5, 5.41) is 2.46. The average molecular weight is 263 g/mol. The number of nitrogens with zero attached hydrogens (tertiary/aromatic N) is 2. The zero-order chi connectivity index (χ0) is 14.0. The topological polar surface area (TPSA) is 54.9 Å². The number of halogens is 2. The van der Waals surface area contributed by atoms with Gasteiger partial charge in [-0.15, -0.1) is 0 Å². The third-order valence-corrected chi connectivity index (χ3v) is 2.52. The third kappa shape index (κ3) is 2.90. The Hall–Kier alpha value is -2.37. The maximum Gasteiger partial charge on any atom is 0.259 e. The first-order valence-corrected chi connectivity index (χ1v) is 5.54. The zero-order valence-corrected chi connectivity index (χ0v) is 10.4. The van der Waals surface area contributed by atoms with Gasteiger partial charge in [0.1, 0.15) is 5.82 Å². The summed E-state index contributed by atoms with van der Waals surface area (Å²) in [7, 11) is 0. The number of carbonyl (C=O) groups is 1. The largest absolute Gasteiger partial charge is 0.322 e. The van der Waals surface area contributed by atoms with E-state index in [-0.39, 0.29) is 11.3 Å². The molecular formula is C13H11F2N3O. The first-order chi connectivity index (χ1) is 8.97. The molecule has 0 aliphatic heterocycles. The standard InChI is InChI=1S/C13H11F2N3O/c1-7-10(6-16-8(2)17-7)13(19)18-9-3-4-11(14)12(15)5-9/h3-6H,1-2H3,(H,18,19). The monoisotopic (exact) mass is 263 g/mol. The number of benzene rings is 1. The molecule has 2 rings (SSSR count). The van der Waals surface area contributed by atoms with Gasteiger partial charge in [0.25, 0.3) is 5.91 Å². The van der Waals surface area contributed by atoms with Crippen LogP contribution in [0.4, 0.5) is 14.5 Å². The lowest BCUT2D eigenvalue weighted by atomic mass is 10.2. The van der Waals surface area contributed by atoms with E-state index < -0.39 is 17.5 Å². The Labute approximate surface area is 108 Å². The highest BCUT2D eigenvalue weighted by atomic mass is 19.2. The van der Waals surface area contributed by atoms with Crippen molar-refractivity contribution in [2.75, 3.05) is 5.32 Å². The van der Waals surface area contributed by atoms with Gasteiger partial charge in [0.2, 0.25) is 0 Å². The second-order valence-electron chi connectivity index (χ2n) is 4.00. The zero-order valence-electron chi connectivity index (χ0n) is 10.4. The quantitative estimate of drug-likeness (QED) is 0.906. The number of carbonyl (C=O) groups excluding carboxylic acids is 1. The first-order valence-electron chi connectivity index (χ1n) is 5.54. The molecule has 1 aromatic heterocycles. The van der Waals surface area contributed by atoms with E-state index in [0.29, 0.717) is 11.5 Å². The maximum atomic E-state index is 13.0. The van der Waals surface area contributed by atoms with E-state index in [1.54, 1.807) is 13.8 Å². The van der Waals surface area contributed by atoms with Crippen LogP contribution in [0, 0.1) is 25.5 Å². The SMILES string of the molecule is Cc1ncc(C(=O)Nc2ccc(F)c(F)c2)c(C)n1. The Bertz CT molecular complexity index is 644. The molecule has 0 spiro atoms. The molecule has 0 atom stereocenters. The molecule has 6 heteroatoms. The van der Waals surface area contributed by atoms with Gasteiger partial charge in [0, 0.05) is 18.0 Å². The molecular weight excluding hydrogens is 252 g/mol. The first kappa shape index (κ1) is 13.1. The molecule has 0 saturated heterocycles. The molecule has 0 unspecified atom stereocenters. The molecule has 0 saturated carbocycles. The van der Waals surface area contributed by atoms with Gasteiger partial charge in [-0.05, 0) is 26.0 Å². The lowest BCUT2D eigenvalue weighted by Crippen LogP contribution is -2.15. The molecule has 4 nitrogen and oxygen atoms in total. The Morgan fingerprint density at radius 2 is 1.95 bits per heavy atom. The van der Waals surface area contributed by atoms with Crippen LogP contribution >= 0.6 is 0 Å². The van der Waals surface area contributed by atoms with Crippen LogP contribution < -0.4 is 5.32 Å². The molecule has 0 radical (unpaired) electrons. The fraction of sp³-hybridized carbons (Fsp3) is 0.154. The van der Waals surface area contributed by atoms with Crippen LogP contribution in [0.1, 0.15) is 21.9 Å². The summed E-state index contributed by atoms with van der Waals surface area (Å²) >= 11 is 0.